The summed E-state index contributed by atoms with van der Waals surface area (Å²) in [6, 6.07) is 6.44. The van der Waals surface area contributed by atoms with E-state index < -0.39 is 11.6 Å². The third-order valence-corrected chi connectivity index (χ3v) is 6.10. The van der Waals surface area contributed by atoms with Crippen molar-refractivity contribution in [2.75, 3.05) is 31.6 Å². The quantitative estimate of drug-likeness (QED) is 0.440. The zero-order valence-electron chi connectivity index (χ0n) is 20.1. The number of methoxy groups -OCH3 is 1. The molecule has 0 aliphatic carbocycles. The van der Waals surface area contributed by atoms with Crippen LogP contribution in [0.1, 0.15) is 31.3 Å². The van der Waals surface area contributed by atoms with Crippen LogP contribution in [0.25, 0.3) is 22.4 Å². The summed E-state index contributed by atoms with van der Waals surface area (Å²) < 4.78 is 37.1. The summed E-state index contributed by atoms with van der Waals surface area (Å²) in [5, 5.41) is 2.99. The molecule has 1 saturated heterocycles. The summed E-state index contributed by atoms with van der Waals surface area (Å²) in [6.07, 6.45) is 2.78. The molecule has 1 aliphatic rings. The minimum absolute atomic E-state index is 0.0138. The highest BCUT2D eigenvalue weighted by Gasteiger charge is 2.21. The molecule has 11 heteroatoms. The lowest BCUT2D eigenvalue weighted by molar-refractivity contribution is -0.118. The lowest BCUT2D eigenvalue weighted by Crippen LogP contribution is -2.48. The fourth-order valence-electron chi connectivity index (χ4n) is 4.24. The van der Waals surface area contributed by atoms with E-state index in [0.29, 0.717) is 29.9 Å². The van der Waals surface area contributed by atoms with Gasteiger partial charge in [0.05, 0.1) is 37.4 Å². The second-order valence-corrected chi connectivity index (χ2v) is 8.79. The molecule has 5 rings (SSSR count). The number of imidazole rings is 1. The number of carbonyl (C=O) groups is 1. The number of anilines is 1. The van der Waals surface area contributed by atoms with Gasteiger partial charge in [-0.15, -0.1) is 0 Å². The average molecular weight is 494 g/mol. The van der Waals surface area contributed by atoms with E-state index in [4.69, 9.17) is 4.74 Å². The number of benzene rings is 1. The number of amides is 1. The molecule has 36 heavy (non-hydrogen) atoms. The highest BCUT2D eigenvalue weighted by molar-refractivity contribution is 5.95. The Hall–Kier alpha value is -3.99. The van der Waals surface area contributed by atoms with E-state index in [1.165, 1.54) is 13.2 Å². The molecule has 1 fully saturated rings. The lowest BCUT2D eigenvalue weighted by atomic mass is 10.1. The van der Waals surface area contributed by atoms with Crippen LogP contribution < -0.4 is 15.0 Å². The topological polar surface area (TPSA) is 98.1 Å². The van der Waals surface area contributed by atoms with Gasteiger partial charge in [0.1, 0.15) is 17.3 Å². The van der Waals surface area contributed by atoms with Crippen molar-refractivity contribution in [1.29, 1.82) is 0 Å². The van der Waals surface area contributed by atoms with Gasteiger partial charge in [0, 0.05) is 31.2 Å². The Bertz CT molecular complexity index is 1450. The van der Waals surface area contributed by atoms with E-state index in [2.05, 4.69) is 25.3 Å². The first kappa shape index (κ1) is 23.7. The van der Waals surface area contributed by atoms with Crippen molar-refractivity contribution >= 4 is 22.6 Å². The predicted molar refractivity (Wildman–Crippen MR) is 130 cm³/mol. The summed E-state index contributed by atoms with van der Waals surface area (Å²) in [5.41, 5.74) is 2.37. The monoisotopic (exact) mass is 493 g/mol. The van der Waals surface area contributed by atoms with Gasteiger partial charge in [-0.25, -0.2) is 28.7 Å². The molecule has 4 aromatic rings. The van der Waals surface area contributed by atoms with Crippen LogP contribution in [-0.4, -0.2) is 57.2 Å². The van der Waals surface area contributed by atoms with Gasteiger partial charge in [0.15, 0.2) is 11.3 Å². The number of fused-ring (bicyclic) bond motifs is 1. The number of carbonyl (C=O) groups excluding carboxylic acids is 1. The third-order valence-electron chi connectivity index (χ3n) is 6.10. The number of halogens is 2. The van der Waals surface area contributed by atoms with Crippen LogP contribution in [0.15, 0.2) is 36.8 Å². The van der Waals surface area contributed by atoms with Crippen LogP contribution in [0.5, 0.6) is 5.88 Å². The van der Waals surface area contributed by atoms with Gasteiger partial charge in [-0.2, -0.15) is 0 Å². The highest BCUT2D eigenvalue weighted by Crippen LogP contribution is 2.30. The number of aromatic nitrogens is 5. The lowest BCUT2D eigenvalue weighted by Gasteiger charge is -2.27. The van der Waals surface area contributed by atoms with Crippen LogP contribution >= 0.6 is 0 Å². The number of nitrogens with one attached hydrogen (secondary N) is 1. The Morgan fingerprint density at radius 2 is 1.97 bits per heavy atom. The van der Waals surface area contributed by atoms with Crippen LogP contribution in [0.3, 0.4) is 0 Å². The maximum absolute atomic E-state index is 15.0. The largest absolute Gasteiger partial charge is 0.479 e. The van der Waals surface area contributed by atoms with Gasteiger partial charge >= 0.3 is 0 Å². The Balaban J connectivity index is 1.48. The fraction of sp³-hybridized carbons (Fsp3) is 0.320. The maximum Gasteiger partial charge on any atom is 0.242 e. The second kappa shape index (κ2) is 9.57. The molecule has 0 bridgehead atoms. The SMILES string of the molecule is COc1nc(-c2nc(Cc3ccc(N4CCNCC4=O)cc3F)ncc2F)cc2c1ncn2C(C)C. The second-order valence-electron chi connectivity index (χ2n) is 8.79. The van der Waals surface area contributed by atoms with Crippen molar-refractivity contribution in [3.63, 3.8) is 0 Å². The van der Waals surface area contributed by atoms with E-state index in [1.54, 1.807) is 29.4 Å². The molecular weight excluding hydrogens is 468 g/mol. The van der Waals surface area contributed by atoms with E-state index in [9.17, 15) is 13.6 Å². The number of hydrogen-bond donors (Lipinski definition) is 1. The van der Waals surface area contributed by atoms with Gasteiger partial charge in [-0.3, -0.25) is 4.79 Å². The molecule has 1 aromatic carbocycles. The molecule has 0 saturated carbocycles. The average Bonchev–Trinajstić information content (AvgIpc) is 3.30. The first-order chi connectivity index (χ1) is 17.4. The summed E-state index contributed by atoms with van der Waals surface area (Å²) in [6.45, 7) is 5.35. The highest BCUT2D eigenvalue weighted by atomic mass is 19.1. The molecule has 1 N–H and O–H groups in total. The number of piperazine rings is 1. The summed E-state index contributed by atoms with van der Waals surface area (Å²) in [7, 11) is 1.47. The van der Waals surface area contributed by atoms with Crippen LogP contribution in [0, 0.1) is 11.6 Å². The summed E-state index contributed by atoms with van der Waals surface area (Å²) >= 11 is 0. The molecule has 0 spiro atoms. The Morgan fingerprint density at radius 3 is 2.69 bits per heavy atom. The van der Waals surface area contributed by atoms with Gasteiger partial charge in [0.25, 0.3) is 0 Å². The molecule has 0 radical (unpaired) electrons. The molecule has 1 amide bonds. The van der Waals surface area contributed by atoms with Crippen molar-refractivity contribution in [3.8, 4) is 17.3 Å². The minimum Gasteiger partial charge on any atom is -0.479 e. The van der Waals surface area contributed by atoms with E-state index in [1.807, 2.05) is 18.4 Å². The molecule has 3 aromatic heterocycles. The third kappa shape index (κ3) is 4.37. The van der Waals surface area contributed by atoms with E-state index >= 15 is 0 Å². The first-order valence-corrected chi connectivity index (χ1v) is 11.6. The van der Waals surface area contributed by atoms with Crippen molar-refractivity contribution < 1.29 is 18.3 Å². The first-order valence-electron chi connectivity index (χ1n) is 11.6. The molecule has 0 unspecified atom stereocenters. The standard InChI is InChI=1S/C25H25F2N7O2/c1-14(2)34-13-30-24-20(34)10-19(31-25(24)36-3)23-18(27)11-29-21(32-23)8-15-4-5-16(9-17(15)26)33-7-6-28-12-22(33)35/h4-5,9-11,13-14,28H,6-8,12H2,1-3H3. The minimum atomic E-state index is -0.656. The normalized spacial score (nSPS) is 14.2. The number of hydrogen-bond acceptors (Lipinski definition) is 7. The zero-order chi connectivity index (χ0) is 25.4. The number of nitrogens with zero attached hydrogens (tertiary/aromatic N) is 6. The van der Waals surface area contributed by atoms with Crippen molar-refractivity contribution in [2.45, 2.75) is 26.3 Å². The smallest absolute Gasteiger partial charge is 0.242 e. The number of pyridine rings is 1. The van der Waals surface area contributed by atoms with Crippen molar-refractivity contribution in [1.82, 2.24) is 29.8 Å². The maximum atomic E-state index is 15.0. The predicted octanol–water partition coefficient (Wildman–Crippen LogP) is 3.28. The van der Waals surface area contributed by atoms with Crippen LogP contribution in [-0.2, 0) is 11.2 Å². The Labute approximate surface area is 206 Å². The van der Waals surface area contributed by atoms with Crippen molar-refractivity contribution in [2.24, 2.45) is 0 Å². The van der Waals surface area contributed by atoms with Crippen LogP contribution in [0.4, 0.5) is 14.5 Å². The Kier molecular flexibility index (Phi) is 6.31. The summed E-state index contributed by atoms with van der Waals surface area (Å²) in [4.78, 5) is 30.9. The van der Waals surface area contributed by atoms with Gasteiger partial charge < -0.3 is 19.5 Å². The molecule has 0 atom stereocenters. The molecule has 186 valence electrons. The molecular formula is C25H25F2N7O2. The number of rotatable bonds is 6. The number of ether oxygens (including phenoxy) is 1. The fourth-order valence-corrected chi connectivity index (χ4v) is 4.24. The Morgan fingerprint density at radius 1 is 1.14 bits per heavy atom. The molecule has 4 heterocycles. The summed E-state index contributed by atoms with van der Waals surface area (Å²) in [5.74, 6) is -0.773. The van der Waals surface area contributed by atoms with Gasteiger partial charge in [-0.05, 0) is 37.6 Å². The van der Waals surface area contributed by atoms with Crippen molar-refractivity contribution in [3.05, 3.63) is 59.8 Å². The van der Waals surface area contributed by atoms with E-state index in [0.717, 1.165) is 11.7 Å². The van der Waals surface area contributed by atoms with Crippen LogP contribution in [0.2, 0.25) is 0 Å². The van der Waals surface area contributed by atoms with Gasteiger partial charge in [-0.1, -0.05) is 6.07 Å². The zero-order valence-corrected chi connectivity index (χ0v) is 20.1. The molecule has 9 nitrogen and oxygen atoms in total. The molecule has 1 aliphatic heterocycles. The van der Waals surface area contributed by atoms with Gasteiger partial charge in [0.2, 0.25) is 11.8 Å². The van der Waals surface area contributed by atoms with E-state index in [-0.39, 0.29) is 48.0 Å².